The molecule has 0 aliphatic rings. The second kappa shape index (κ2) is 7.17. The summed E-state index contributed by atoms with van der Waals surface area (Å²) in [6, 6.07) is 15.6. The Bertz CT molecular complexity index is 508. The standard InChI is InChI=1S/C16H17ClO2/c17-15-5-1-3-14(11-15)12-19-16-8-6-13(7-9-16)4-2-10-18/h1,3,5-9,11,18H,2,4,10,12H2. The summed E-state index contributed by atoms with van der Waals surface area (Å²) in [5, 5.41) is 9.50. The Morgan fingerprint density at radius 2 is 1.79 bits per heavy atom. The Hall–Kier alpha value is -1.51. The average Bonchev–Trinajstić information content (AvgIpc) is 2.44. The quantitative estimate of drug-likeness (QED) is 0.868. The minimum Gasteiger partial charge on any atom is -0.489 e. The lowest BCUT2D eigenvalue weighted by molar-refractivity contribution is 0.288. The summed E-state index contributed by atoms with van der Waals surface area (Å²) in [7, 11) is 0. The first kappa shape index (κ1) is 13.9. The second-order valence-corrected chi connectivity index (χ2v) is 4.83. The van der Waals surface area contributed by atoms with Crippen molar-refractivity contribution in [3.63, 3.8) is 0 Å². The normalized spacial score (nSPS) is 10.4. The molecule has 0 saturated heterocycles. The summed E-state index contributed by atoms with van der Waals surface area (Å²) in [4.78, 5) is 0. The van der Waals surface area contributed by atoms with Crippen LogP contribution in [0.2, 0.25) is 5.02 Å². The van der Waals surface area contributed by atoms with Crippen LogP contribution in [0.4, 0.5) is 0 Å². The van der Waals surface area contributed by atoms with E-state index in [-0.39, 0.29) is 6.61 Å². The second-order valence-electron chi connectivity index (χ2n) is 4.39. The molecule has 2 aromatic carbocycles. The Morgan fingerprint density at radius 1 is 1.00 bits per heavy atom. The van der Waals surface area contributed by atoms with Gasteiger partial charge in [-0.2, -0.15) is 0 Å². The zero-order chi connectivity index (χ0) is 13.5. The Kier molecular flexibility index (Phi) is 5.25. The lowest BCUT2D eigenvalue weighted by atomic mass is 10.1. The molecule has 0 spiro atoms. The van der Waals surface area contributed by atoms with E-state index in [1.165, 1.54) is 5.56 Å². The van der Waals surface area contributed by atoms with Gasteiger partial charge in [-0.25, -0.2) is 0 Å². The average molecular weight is 277 g/mol. The van der Waals surface area contributed by atoms with Crippen LogP contribution in [-0.4, -0.2) is 11.7 Å². The summed E-state index contributed by atoms with van der Waals surface area (Å²) < 4.78 is 5.70. The highest BCUT2D eigenvalue weighted by Gasteiger charge is 1.98. The first-order valence-electron chi connectivity index (χ1n) is 6.35. The molecule has 19 heavy (non-hydrogen) atoms. The molecule has 100 valence electrons. The lowest BCUT2D eigenvalue weighted by Crippen LogP contribution is -1.95. The highest BCUT2D eigenvalue weighted by molar-refractivity contribution is 6.30. The van der Waals surface area contributed by atoms with Crippen LogP contribution in [0, 0.1) is 0 Å². The highest BCUT2D eigenvalue weighted by Crippen LogP contribution is 2.16. The van der Waals surface area contributed by atoms with Gasteiger partial charge in [0.1, 0.15) is 12.4 Å². The zero-order valence-corrected chi connectivity index (χ0v) is 11.4. The van der Waals surface area contributed by atoms with Crippen molar-refractivity contribution < 1.29 is 9.84 Å². The van der Waals surface area contributed by atoms with E-state index in [1.807, 2.05) is 48.5 Å². The number of rotatable bonds is 6. The predicted octanol–water partition coefficient (Wildman–Crippen LogP) is 3.84. The molecule has 0 heterocycles. The molecular formula is C16H17ClO2. The van der Waals surface area contributed by atoms with E-state index in [9.17, 15) is 0 Å². The number of aliphatic hydroxyl groups excluding tert-OH is 1. The van der Waals surface area contributed by atoms with Crippen molar-refractivity contribution in [3.8, 4) is 5.75 Å². The molecule has 2 nitrogen and oxygen atoms in total. The van der Waals surface area contributed by atoms with Gasteiger partial charge in [0.15, 0.2) is 0 Å². The van der Waals surface area contributed by atoms with Gasteiger partial charge in [0, 0.05) is 11.6 Å². The molecule has 0 aliphatic carbocycles. The van der Waals surface area contributed by atoms with Crippen LogP contribution in [0.5, 0.6) is 5.75 Å². The third-order valence-corrected chi connectivity index (χ3v) is 3.08. The Labute approximate surface area is 118 Å². The largest absolute Gasteiger partial charge is 0.489 e. The maximum absolute atomic E-state index is 8.78. The molecular weight excluding hydrogens is 260 g/mol. The van der Waals surface area contributed by atoms with Crippen LogP contribution in [-0.2, 0) is 13.0 Å². The number of ether oxygens (including phenoxy) is 1. The van der Waals surface area contributed by atoms with Crippen molar-refractivity contribution >= 4 is 11.6 Å². The van der Waals surface area contributed by atoms with Crippen molar-refractivity contribution in [1.82, 2.24) is 0 Å². The zero-order valence-electron chi connectivity index (χ0n) is 10.7. The smallest absolute Gasteiger partial charge is 0.119 e. The molecule has 0 saturated carbocycles. The minimum absolute atomic E-state index is 0.229. The number of halogens is 1. The van der Waals surface area contributed by atoms with Gasteiger partial charge in [0.2, 0.25) is 0 Å². The van der Waals surface area contributed by atoms with Crippen LogP contribution in [0.3, 0.4) is 0 Å². The molecule has 3 heteroatoms. The summed E-state index contributed by atoms with van der Waals surface area (Å²) >= 11 is 5.92. The number of hydrogen-bond acceptors (Lipinski definition) is 2. The fourth-order valence-corrected chi connectivity index (χ4v) is 2.04. The van der Waals surface area contributed by atoms with Gasteiger partial charge in [0.05, 0.1) is 0 Å². The van der Waals surface area contributed by atoms with Gasteiger partial charge in [-0.15, -0.1) is 0 Å². The van der Waals surface area contributed by atoms with E-state index in [4.69, 9.17) is 21.4 Å². The molecule has 0 bridgehead atoms. The lowest BCUT2D eigenvalue weighted by Gasteiger charge is -2.07. The van der Waals surface area contributed by atoms with Crippen molar-refractivity contribution in [1.29, 1.82) is 0 Å². The third kappa shape index (κ3) is 4.58. The molecule has 0 aromatic heterocycles. The SMILES string of the molecule is OCCCc1ccc(OCc2cccc(Cl)c2)cc1. The fourth-order valence-electron chi connectivity index (χ4n) is 1.83. The maximum Gasteiger partial charge on any atom is 0.119 e. The fraction of sp³-hybridized carbons (Fsp3) is 0.250. The molecule has 1 N–H and O–H groups in total. The molecule has 0 atom stereocenters. The van der Waals surface area contributed by atoms with Crippen LogP contribution >= 0.6 is 11.6 Å². The molecule has 0 radical (unpaired) electrons. The van der Waals surface area contributed by atoms with Crippen molar-refractivity contribution in [2.24, 2.45) is 0 Å². The Morgan fingerprint density at radius 3 is 2.47 bits per heavy atom. The van der Waals surface area contributed by atoms with Gasteiger partial charge in [-0.05, 0) is 48.2 Å². The number of hydrogen-bond donors (Lipinski definition) is 1. The first-order valence-corrected chi connectivity index (χ1v) is 6.73. The molecule has 0 unspecified atom stereocenters. The summed E-state index contributed by atoms with van der Waals surface area (Å²) in [6.45, 7) is 0.740. The molecule has 0 aliphatic heterocycles. The van der Waals surface area contributed by atoms with Crippen LogP contribution in [0.1, 0.15) is 17.5 Å². The van der Waals surface area contributed by atoms with Crippen molar-refractivity contribution in [3.05, 3.63) is 64.7 Å². The summed E-state index contributed by atoms with van der Waals surface area (Å²) in [6.07, 6.45) is 1.69. The number of benzene rings is 2. The summed E-state index contributed by atoms with van der Waals surface area (Å²) in [5.41, 5.74) is 2.26. The van der Waals surface area contributed by atoms with Gasteiger partial charge < -0.3 is 9.84 Å². The monoisotopic (exact) mass is 276 g/mol. The number of aryl methyl sites for hydroxylation is 1. The van der Waals surface area contributed by atoms with E-state index >= 15 is 0 Å². The van der Waals surface area contributed by atoms with E-state index in [2.05, 4.69) is 0 Å². The van der Waals surface area contributed by atoms with Gasteiger partial charge in [-0.1, -0.05) is 35.9 Å². The minimum atomic E-state index is 0.229. The highest BCUT2D eigenvalue weighted by atomic mass is 35.5. The topological polar surface area (TPSA) is 29.5 Å². The van der Waals surface area contributed by atoms with Crippen LogP contribution in [0.25, 0.3) is 0 Å². The first-order chi connectivity index (χ1) is 9.28. The van der Waals surface area contributed by atoms with Crippen LogP contribution in [0.15, 0.2) is 48.5 Å². The van der Waals surface area contributed by atoms with E-state index in [0.29, 0.717) is 6.61 Å². The van der Waals surface area contributed by atoms with Gasteiger partial charge in [-0.3, -0.25) is 0 Å². The molecule has 0 amide bonds. The predicted molar refractivity (Wildman–Crippen MR) is 77.6 cm³/mol. The Balaban J connectivity index is 1.89. The van der Waals surface area contributed by atoms with Gasteiger partial charge >= 0.3 is 0 Å². The van der Waals surface area contributed by atoms with E-state index < -0.39 is 0 Å². The maximum atomic E-state index is 8.78. The molecule has 2 rings (SSSR count). The van der Waals surface area contributed by atoms with E-state index in [1.54, 1.807) is 0 Å². The van der Waals surface area contributed by atoms with Crippen molar-refractivity contribution in [2.45, 2.75) is 19.4 Å². The van der Waals surface area contributed by atoms with Crippen LogP contribution < -0.4 is 4.74 Å². The molecule has 2 aromatic rings. The van der Waals surface area contributed by atoms with Gasteiger partial charge in [0.25, 0.3) is 0 Å². The number of aliphatic hydroxyl groups is 1. The third-order valence-electron chi connectivity index (χ3n) is 2.84. The molecule has 0 fully saturated rings. The summed E-state index contributed by atoms with van der Waals surface area (Å²) in [5.74, 6) is 0.840. The van der Waals surface area contributed by atoms with E-state index in [0.717, 1.165) is 29.2 Å². The van der Waals surface area contributed by atoms with Crippen molar-refractivity contribution in [2.75, 3.05) is 6.61 Å².